The Morgan fingerprint density at radius 3 is 2.63 bits per heavy atom. The molecule has 0 bridgehead atoms. The van der Waals surface area contributed by atoms with Crippen LogP contribution in [-0.2, 0) is 0 Å². The molecule has 3 nitrogen and oxygen atoms in total. The summed E-state index contributed by atoms with van der Waals surface area (Å²) in [6.07, 6.45) is -1.79. The smallest absolute Gasteiger partial charge is 0.251 e. The van der Waals surface area contributed by atoms with Crippen molar-refractivity contribution in [1.82, 2.24) is 4.90 Å². The minimum absolute atomic E-state index is 0.119. The summed E-state index contributed by atoms with van der Waals surface area (Å²) in [5.41, 5.74) is 8.21. The molecule has 0 aliphatic carbocycles. The van der Waals surface area contributed by atoms with Gasteiger partial charge in [0, 0.05) is 19.1 Å². The molecule has 1 unspecified atom stereocenters. The molecule has 0 spiro atoms. The second-order valence-corrected chi connectivity index (χ2v) is 4.72. The predicted molar refractivity (Wildman–Crippen MR) is 72.3 cm³/mol. The number of halogens is 2. The van der Waals surface area contributed by atoms with Crippen molar-refractivity contribution in [2.45, 2.75) is 25.8 Å². The minimum Gasteiger partial charge on any atom is -0.395 e. The quantitative estimate of drug-likeness (QED) is 0.760. The number of nitrogens with zero attached hydrogens (tertiary/aromatic N) is 1. The summed E-state index contributed by atoms with van der Waals surface area (Å²) in [5.74, 6) is 0. The third-order valence-corrected chi connectivity index (χ3v) is 3.04. The molecule has 1 rings (SSSR count). The van der Waals surface area contributed by atoms with Crippen LogP contribution in [0.15, 0.2) is 24.3 Å². The monoisotopic (exact) mass is 272 g/mol. The standard InChI is InChI=1S/C14H22F2N2O/c1-11-3-2-4-12(9-11)13(17)5-6-18(7-8-19)10-14(15)16/h2-4,9,13-14,19H,5-8,10,17H2,1H3. The summed E-state index contributed by atoms with van der Waals surface area (Å²) >= 11 is 0. The number of rotatable bonds is 8. The zero-order valence-electron chi connectivity index (χ0n) is 11.2. The third kappa shape index (κ3) is 6.09. The molecule has 0 aliphatic heterocycles. The van der Waals surface area contributed by atoms with Crippen LogP contribution in [0.4, 0.5) is 8.78 Å². The van der Waals surface area contributed by atoms with E-state index in [4.69, 9.17) is 10.8 Å². The lowest BCUT2D eigenvalue weighted by atomic mass is 10.0. The van der Waals surface area contributed by atoms with E-state index in [0.29, 0.717) is 13.0 Å². The molecule has 0 fully saturated rings. The van der Waals surface area contributed by atoms with Crippen LogP contribution < -0.4 is 5.73 Å². The lowest BCUT2D eigenvalue weighted by molar-refractivity contribution is 0.0768. The maximum Gasteiger partial charge on any atom is 0.251 e. The Bertz CT molecular complexity index is 374. The van der Waals surface area contributed by atoms with E-state index in [9.17, 15) is 8.78 Å². The fourth-order valence-electron chi connectivity index (χ4n) is 2.02. The molecule has 0 amide bonds. The Morgan fingerprint density at radius 1 is 1.32 bits per heavy atom. The topological polar surface area (TPSA) is 49.5 Å². The van der Waals surface area contributed by atoms with Gasteiger partial charge in [-0.25, -0.2) is 8.78 Å². The summed E-state index contributed by atoms with van der Waals surface area (Å²) in [6.45, 7) is 2.27. The van der Waals surface area contributed by atoms with Gasteiger partial charge < -0.3 is 10.8 Å². The van der Waals surface area contributed by atoms with Gasteiger partial charge in [0.25, 0.3) is 6.43 Å². The zero-order chi connectivity index (χ0) is 14.3. The van der Waals surface area contributed by atoms with Crippen LogP contribution in [0.25, 0.3) is 0 Å². The zero-order valence-corrected chi connectivity index (χ0v) is 11.2. The highest BCUT2D eigenvalue weighted by atomic mass is 19.3. The van der Waals surface area contributed by atoms with E-state index in [1.165, 1.54) is 0 Å². The summed E-state index contributed by atoms with van der Waals surface area (Å²) in [5, 5.41) is 8.85. The predicted octanol–water partition coefficient (Wildman–Crippen LogP) is 1.94. The Balaban J connectivity index is 2.49. The second kappa shape index (κ2) is 8.19. The van der Waals surface area contributed by atoms with Crippen molar-refractivity contribution in [2.75, 3.05) is 26.2 Å². The number of aliphatic hydroxyl groups is 1. The Hall–Kier alpha value is -1.04. The largest absolute Gasteiger partial charge is 0.395 e. The number of hydrogen-bond acceptors (Lipinski definition) is 3. The van der Waals surface area contributed by atoms with Gasteiger partial charge in [-0.2, -0.15) is 0 Å². The van der Waals surface area contributed by atoms with Gasteiger partial charge in [0.15, 0.2) is 0 Å². The molecule has 0 saturated heterocycles. The van der Waals surface area contributed by atoms with Crippen molar-refractivity contribution < 1.29 is 13.9 Å². The highest BCUT2D eigenvalue weighted by molar-refractivity contribution is 5.24. The molecule has 0 aliphatic rings. The molecular weight excluding hydrogens is 250 g/mol. The molecule has 19 heavy (non-hydrogen) atoms. The lowest BCUT2D eigenvalue weighted by Crippen LogP contribution is -2.34. The molecule has 0 saturated carbocycles. The SMILES string of the molecule is Cc1cccc(C(N)CCN(CCO)CC(F)F)c1. The number of aryl methyl sites for hydroxylation is 1. The molecule has 0 heterocycles. The van der Waals surface area contributed by atoms with Crippen molar-refractivity contribution in [3.8, 4) is 0 Å². The van der Waals surface area contributed by atoms with E-state index in [1.54, 1.807) is 4.90 Å². The van der Waals surface area contributed by atoms with Crippen LogP contribution in [0.2, 0.25) is 0 Å². The molecule has 1 aromatic rings. The number of benzene rings is 1. The van der Waals surface area contributed by atoms with Gasteiger partial charge in [-0.05, 0) is 18.9 Å². The van der Waals surface area contributed by atoms with E-state index >= 15 is 0 Å². The number of aliphatic hydroxyl groups excluding tert-OH is 1. The molecule has 1 aromatic carbocycles. The number of alkyl halides is 2. The Morgan fingerprint density at radius 2 is 2.05 bits per heavy atom. The summed E-state index contributed by atoms with van der Waals surface area (Å²) in [7, 11) is 0. The highest BCUT2D eigenvalue weighted by Crippen LogP contribution is 2.16. The molecule has 0 aromatic heterocycles. The molecule has 108 valence electrons. The van der Waals surface area contributed by atoms with Crippen molar-refractivity contribution >= 4 is 0 Å². The lowest BCUT2D eigenvalue weighted by Gasteiger charge is -2.22. The fourth-order valence-corrected chi connectivity index (χ4v) is 2.02. The number of hydrogen-bond donors (Lipinski definition) is 2. The van der Waals surface area contributed by atoms with Gasteiger partial charge in [0.05, 0.1) is 13.2 Å². The molecule has 1 atom stereocenters. The first-order chi connectivity index (χ1) is 9.02. The fraction of sp³-hybridized carbons (Fsp3) is 0.571. The van der Waals surface area contributed by atoms with E-state index in [-0.39, 0.29) is 25.7 Å². The van der Waals surface area contributed by atoms with E-state index < -0.39 is 6.43 Å². The van der Waals surface area contributed by atoms with E-state index in [2.05, 4.69) is 0 Å². The van der Waals surface area contributed by atoms with Crippen LogP contribution in [0.3, 0.4) is 0 Å². The molecule has 0 radical (unpaired) electrons. The van der Waals surface area contributed by atoms with E-state index in [1.807, 2.05) is 31.2 Å². The molecular formula is C14H22F2N2O. The minimum atomic E-state index is -2.39. The van der Waals surface area contributed by atoms with Gasteiger partial charge >= 0.3 is 0 Å². The van der Waals surface area contributed by atoms with Crippen LogP contribution >= 0.6 is 0 Å². The molecule has 3 N–H and O–H groups in total. The van der Waals surface area contributed by atoms with Crippen LogP contribution in [0, 0.1) is 6.92 Å². The highest BCUT2D eigenvalue weighted by Gasteiger charge is 2.13. The third-order valence-electron chi connectivity index (χ3n) is 3.04. The Kier molecular flexibility index (Phi) is 6.91. The normalized spacial score (nSPS) is 13.2. The van der Waals surface area contributed by atoms with Crippen molar-refractivity contribution in [2.24, 2.45) is 5.73 Å². The van der Waals surface area contributed by atoms with Gasteiger partial charge in [0.2, 0.25) is 0 Å². The summed E-state index contributed by atoms with van der Waals surface area (Å²) < 4.78 is 24.7. The molecule has 5 heteroatoms. The van der Waals surface area contributed by atoms with Gasteiger partial charge in [-0.1, -0.05) is 29.8 Å². The average molecular weight is 272 g/mol. The van der Waals surface area contributed by atoms with Crippen LogP contribution in [0.5, 0.6) is 0 Å². The first kappa shape index (κ1) is 16.0. The Labute approximate surface area is 113 Å². The maximum absolute atomic E-state index is 12.4. The van der Waals surface area contributed by atoms with Gasteiger partial charge in [0.1, 0.15) is 0 Å². The first-order valence-corrected chi connectivity index (χ1v) is 6.46. The second-order valence-electron chi connectivity index (χ2n) is 4.72. The van der Waals surface area contributed by atoms with Crippen LogP contribution in [-0.4, -0.2) is 42.7 Å². The first-order valence-electron chi connectivity index (χ1n) is 6.46. The van der Waals surface area contributed by atoms with Crippen LogP contribution in [0.1, 0.15) is 23.6 Å². The number of nitrogens with two attached hydrogens (primary N) is 1. The van der Waals surface area contributed by atoms with Gasteiger partial charge in [-0.15, -0.1) is 0 Å². The van der Waals surface area contributed by atoms with Crippen molar-refractivity contribution in [1.29, 1.82) is 0 Å². The van der Waals surface area contributed by atoms with Crippen molar-refractivity contribution in [3.05, 3.63) is 35.4 Å². The van der Waals surface area contributed by atoms with Crippen molar-refractivity contribution in [3.63, 3.8) is 0 Å². The average Bonchev–Trinajstić information content (AvgIpc) is 2.35. The summed E-state index contributed by atoms with van der Waals surface area (Å²) in [6, 6.07) is 7.72. The summed E-state index contributed by atoms with van der Waals surface area (Å²) in [4.78, 5) is 1.54. The van der Waals surface area contributed by atoms with Gasteiger partial charge in [-0.3, -0.25) is 4.90 Å². The van der Waals surface area contributed by atoms with E-state index in [0.717, 1.165) is 11.1 Å². The maximum atomic E-state index is 12.4.